The monoisotopic (exact) mass is 234 g/mol. The SMILES string of the molecule is Cc1ccoc1C(=O)CC1CCCC(C)C1C. The van der Waals surface area contributed by atoms with E-state index in [0.29, 0.717) is 24.0 Å². The van der Waals surface area contributed by atoms with Gasteiger partial charge in [-0.05, 0) is 42.7 Å². The first-order valence-electron chi connectivity index (χ1n) is 6.67. The second-order valence-electron chi connectivity index (χ2n) is 5.59. The quantitative estimate of drug-likeness (QED) is 0.732. The average Bonchev–Trinajstić information content (AvgIpc) is 2.71. The number of carbonyl (C=O) groups is 1. The Morgan fingerprint density at radius 3 is 2.82 bits per heavy atom. The lowest BCUT2D eigenvalue weighted by atomic mass is 9.72. The Hall–Kier alpha value is -1.05. The van der Waals surface area contributed by atoms with Gasteiger partial charge in [0.2, 0.25) is 0 Å². The third-order valence-electron chi connectivity index (χ3n) is 4.44. The Labute approximate surface area is 103 Å². The first-order chi connectivity index (χ1) is 8.09. The van der Waals surface area contributed by atoms with Crippen LogP contribution in [0.15, 0.2) is 16.7 Å². The molecular weight excluding hydrogens is 212 g/mol. The highest BCUT2D eigenvalue weighted by Gasteiger charge is 2.29. The van der Waals surface area contributed by atoms with Crippen LogP contribution in [0.3, 0.4) is 0 Å². The van der Waals surface area contributed by atoms with Crippen LogP contribution in [0.1, 0.15) is 55.6 Å². The van der Waals surface area contributed by atoms with Gasteiger partial charge in [-0.3, -0.25) is 4.79 Å². The van der Waals surface area contributed by atoms with E-state index in [-0.39, 0.29) is 5.78 Å². The van der Waals surface area contributed by atoms with Crippen LogP contribution >= 0.6 is 0 Å². The molecule has 0 amide bonds. The number of hydrogen-bond donors (Lipinski definition) is 0. The molecule has 2 nitrogen and oxygen atoms in total. The molecular formula is C15H22O2. The molecule has 94 valence electrons. The molecule has 1 aliphatic carbocycles. The van der Waals surface area contributed by atoms with Crippen molar-refractivity contribution in [2.24, 2.45) is 17.8 Å². The van der Waals surface area contributed by atoms with Crippen LogP contribution in [0, 0.1) is 24.7 Å². The molecule has 1 heterocycles. The normalized spacial score (nSPS) is 29.2. The number of carbonyl (C=O) groups excluding carboxylic acids is 1. The predicted octanol–water partition coefficient (Wildman–Crippen LogP) is 4.23. The van der Waals surface area contributed by atoms with Gasteiger partial charge in [-0.2, -0.15) is 0 Å². The Bertz CT molecular complexity index is 391. The van der Waals surface area contributed by atoms with E-state index < -0.39 is 0 Å². The fraction of sp³-hybridized carbons (Fsp3) is 0.667. The summed E-state index contributed by atoms with van der Waals surface area (Å²) in [5.41, 5.74) is 0.964. The summed E-state index contributed by atoms with van der Waals surface area (Å²) in [5.74, 6) is 2.69. The molecule has 1 aromatic rings. The third-order valence-corrected chi connectivity index (χ3v) is 4.44. The molecule has 0 bridgehead atoms. The molecule has 17 heavy (non-hydrogen) atoms. The Kier molecular flexibility index (Phi) is 3.70. The smallest absolute Gasteiger partial charge is 0.198 e. The van der Waals surface area contributed by atoms with Crippen molar-refractivity contribution in [1.29, 1.82) is 0 Å². The second kappa shape index (κ2) is 5.07. The van der Waals surface area contributed by atoms with Crippen molar-refractivity contribution in [1.82, 2.24) is 0 Å². The van der Waals surface area contributed by atoms with E-state index in [9.17, 15) is 4.79 Å². The van der Waals surface area contributed by atoms with E-state index in [1.165, 1.54) is 19.3 Å². The first-order valence-corrected chi connectivity index (χ1v) is 6.67. The first kappa shape index (κ1) is 12.4. The van der Waals surface area contributed by atoms with Crippen molar-refractivity contribution < 1.29 is 9.21 Å². The van der Waals surface area contributed by atoms with E-state index in [2.05, 4.69) is 13.8 Å². The molecule has 0 saturated heterocycles. The van der Waals surface area contributed by atoms with Crippen molar-refractivity contribution in [3.8, 4) is 0 Å². The van der Waals surface area contributed by atoms with Crippen molar-refractivity contribution in [2.45, 2.75) is 46.5 Å². The fourth-order valence-corrected chi connectivity index (χ4v) is 2.97. The van der Waals surface area contributed by atoms with Gasteiger partial charge in [0.05, 0.1) is 6.26 Å². The average molecular weight is 234 g/mol. The molecule has 2 heteroatoms. The van der Waals surface area contributed by atoms with Crippen LogP contribution in [-0.2, 0) is 0 Å². The van der Waals surface area contributed by atoms with E-state index in [1.54, 1.807) is 6.26 Å². The number of furan rings is 1. The summed E-state index contributed by atoms with van der Waals surface area (Å²) in [4.78, 5) is 12.2. The molecule has 0 spiro atoms. The zero-order valence-electron chi connectivity index (χ0n) is 11.0. The minimum Gasteiger partial charge on any atom is -0.461 e. The predicted molar refractivity (Wildman–Crippen MR) is 68.1 cm³/mol. The maximum absolute atomic E-state index is 12.2. The standard InChI is InChI=1S/C15H22O2/c1-10-5-4-6-13(12(10)3)9-14(16)15-11(2)7-8-17-15/h7-8,10,12-13H,4-6,9H2,1-3H3. The molecule has 1 saturated carbocycles. The zero-order chi connectivity index (χ0) is 12.4. The zero-order valence-corrected chi connectivity index (χ0v) is 11.0. The van der Waals surface area contributed by atoms with E-state index in [1.807, 2.05) is 13.0 Å². The van der Waals surface area contributed by atoms with Gasteiger partial charge in [-0.25, -0.2) is 0 Å². The van der Waals surface area contributed by atoms with E-state index in [4.69, 9.17) is 4.42 Å². The van der Waals surface area contributed by atoms with Gasteiger partial charge in [0.1, 0.15) is 0 Å². The van der Waals surface area contributed by atoms with Gasteiger partial charge >= 0.3 is 0 Å². The molecule has 1 aliphatic rings. The fourth-order valence-electron chi connectivity index (χ4n) is 2.97. The lowest BCUT2D eigenvalue weighted by Crippen LogP contribution is -2.26. The maximum atomic E-state index is 12.2. The summed E-state index contributed by atoms with van der Waals surface area (Å²) in [6, 6.07) is 1.86. The van der Waals surface area contributed by atoms with Gasteiger partial charge in [0.25, 0.3) is 0 Å². The number of Topliss-reactive ketones (excluding diaryl/α,β-unsaturated/α-hetero) is 1. The highest BCUT2D eigenvalue weighted by Crippen LogP contribution is 2.36. The molecule has 0 aromatic carbocycles. The van der Waals surface area contributed by atoms with E-state index in [0.717, 1.165) is 11.5 Å². The van der Waals surface area contributed by atoms with Crippen LogP contribution in [0.2, 0.25) is 0 Å². The molecule has 2 rings (SSSR count). The van der Waals surface area contributed by atoms with Gasteiger partial charge < -0.3 is 4.42 Å². The molecule has 1 aromatic heterocycles. The van der Waals surface area contributed by atoms with Crippen LogP contribution in [0.4, 0.5) is 0 Å². The number of hydrogen-bond acceptors (Lipinski definition) is 2. The summed E-state index contributed by atoms with van der Waals surface area (Å²) >= 11 is 0. The lowest BCUT2D eigenvalue weighted by Gasteiger charge is -2.33. The molecule has 3 unspecified atom stereocenters. The minimum absolute atomic E-state index is 0.179. The maximum Gasteiger partial charge on any atom is 0.198 e. The molecule has 0 aliphatic heterocycles. The van der Waals surface area contributed by atoms with Crippen molar-refractivity contribution in [3.05, 3.63) is 23.7 Å². The lowest BCUT2D eigenvalue weighted by molar-refractivity contribution is 0.0870. The Morgan fingerprint density at radius 2 is 2.18 bits per heavy atom. The number of rotatable bonds is 3. The Morgan fingerprint density at radius 1 is 1.41 bits per heavy atom. The largest absolute Gasteiger partial charge is 0.461 e. The number of ketones is 1. The summed E-state index contributed by atoms with van der Waals surface area (Å²) in [5, 5.41) is 0. The van der Waals surface area contributed by atoms with Gasteiger partial charge in [-0.15, -0.1) is 0 Å². The van der Waals surface area contributed by atoms with Crippen molar-refractivity contribution >= 4 is 5.78 Å². The van der Waals surface area contributed by atoms with Crippen molar-refractivity contribution in [2.75, 3.05) is 0 Å². The molecule has 1 fully saturated rings. The van der Waals surface area contributed by atoms with Crippen LogP contribution in [-0.4, -0.2) is 5.78 Å². The van der Waals surface area contributed by atoms with Crippen LogP contribution in [0.5, 0.6) is 0 Å². The molecule has 0 radical (unpaired) electrons. The summed E-state index contributed by atoms with van der Waals surface area (Å²) < 4.78 is 5.28. The van der Waals surface area contributed by atoms with E-state index >= 15 is 0 Å². The summed E-state index contributed by atoms with van der Waals surface area (Å²) in [7, 11) is 0. The van der Waals surface area contributed by atoms with Gasteiger partial charge in [-0.1, -0.05) is 26.7 Å². The molecule has 0 N–H and O–H groups in total. The highest BCUT2D eigenvalue weighted by atomic mass is 16.3. The summed E-state index contributed by atoms with van der Waals surface area (Å²) in [6.07, 6.45) is 6.03. The number of aryl methyl sites for hydroxylation is 1. The van der Waals surface area contributed by atoms with Crippen LogP contribution in [0.25, 0.3) is 0 Å². The van der Waals surface area contributed by atoms with Gasteiger partial charge in [0, 0.05) is 6.42 Å². The van der Waals surface area contributed by atoms with Crippen LogP contribution < -0.4 is 0 Å². The molecule has 3 atom stereocenters. The Balaban J connectivity index is 2.01. The van der Waals surface area contributed by atoms with Crippen molar-refractivity contribution in [3.63, 3.8) is 0 Å². The third kappa shape index (κ3) is 2.62. The van der Waals surface area contributed by atoms with Gasteiger partial charge in [0.15, 0.2) is 11.5 Å². The highest BCUT2D eigenvalue weighted by molar-refractivity contribution is 5.94. The second-order valence-corrected chi connectivity index (χ2v) is 5.59. The topological polar surface area (TPSA) is 30.2 Å². The summed E-state index contributed by atoms with van der Waals surface area (Å²) in [6.45, 7) is 6.53. The minimum atomic E-state index is 0.179.